The quantitative estimate of drug-likeness (QED) is 0.310. The zero-order valence-corrected chi connectivity index (χ0v) is 19.4. The van der Waals surface area contributed by atoms with Gasteiger partial charge in [0.2, 0.25) is 0 Å². The molecule has 0 aliphatic rings. The Morgan fingerprint density at radius 3 is 2.82 bits per heavy atom. The van der Waals surface area contributed by atoms with Crippen molar-refractivity contribution in [1.82, 2.24) is 20.3 Å². The normalized spacial score (nSPS) is 11.9. The highest BCUT2D eigenvalue weighted by Crippen LogP contribution is 2.35. The molecule has 3 aromatic heterocycles. The second kappa shape index (κ2) is 9.74. The summed E-state index contributed by atoms with van der Waals surface area (Å²) >= 11 is 0. The summed E-state index contributed by atoms with van der Waals surface area (Å²) in [5, 5.41) is 6.67. The molecule has 0 spiro atoms. The molecule has 0 aliphatic heterocycles. The fourth-order valence-corrected chi connectivity index (χ4v) is 4.58. The summed E-state index contributed by atoms with van der Waals surface area (Å²) in [4.78, 5) is 14.8. The Morgan fingerprint density at radius 2 is 2.06 bits per heavy atom. The van der Waals surface area contributed by atoms with Crippen LogP contribution in [0.15, 0.2) is 80.7 Å². The van der Waals surface area contributed by atoms with Gasteiger partial charge in [0, 0.05) is 47.7 Å². The summed E-state index contributed by atoms with van der Waals surface area (Å²) in [6, 6.07) is 8.51. The van der Waals surface area contributed by atoms with Crippen molar-refractivity contribution in [3.05, 3.63) is 97.5 Å². The number of aromatic nitrogens is 3. The van der Waals surface area contributed by atoms with Gasteiger partial charge in [0.25, 0.3) is 0 Å². The lowest BCUT2D eigenvalue weighted by molar-refractivity contribution is 0.616. The molecule has 5 heteroatoms. The van der Waals surface area contributed by atoms with Gasteiger partial charge in [-0.1, -0.05) is 57.4 Å². The number of rotatable bonds is 10. The fraction of sp³-hybridized carbons (Fsp3) is 0.214. The van der Waals surface area contributed by atoms with Crippen LogP contribution in [0.25, 0.3) is 27.8 Å². The molecule has 0 aliphatic carbocycles. The minimum absolute atomic E-state index is 0.114. The van der Waals surface area contributed by atoms with Gasteiger partial charge in [-0.15, -0.1) is 0 Å². The molecule has 0 amide bonds. The summed E-state index contributed by atoms with van der Waals surface area (Å²) in [5.41, 5.74) is 6.37. The Balaban J connectivity index is 1.83. The first-order valence-electron chi connectivity index (χ1n) is 11.3. The Labute approximate surface area is 195 Å². The molecule has 33 heavy (non-hydrogen) atoms. The average molecular weight is 438 g/mol. The van der Waals surface area contributed by atoms with Gasteiger partial charge in [-0.25, -0.2) is 0 Å². The molecule has 0 bridgehead atoms. The van der Waals surface area contributed by atoms with Gasteiger partial charge in [0.05, 0.1) is 35.3 Å². The van der Waals surface area contributed by atoms with E-state index in [2.05, 4.69) is 78.3 Å². The van der Waals surface area contributed by atoms with Crippen molar-refractivity contribution in [1.29, 1.82) is 0 Å². The van der Waals surface area contributed by atoms with Crippen molar-refractivity contribution >= 4 is 33.4 Å². The van der Waals surface area contributed by atoms with E-state index in [1.54, 1.807) is 6.20 Å². The molecule has 0 saturated carbocycles. The Bertz CT molecular complexity index is 1320. The van der Waals surface area contributed by atoms with E-state index in [0.29, 0.717) is 0 Å². The summed E-state index contributed by atoms with van der Waals surface area (Å²) in [5.74, 6) is 0. The number of benzene rings is 1. The zero-order valence-electron chi connectivity index (χ0n) is 19.4. The van der Waals surface area contributed by atoms with Gasteiger partial charge in [0.15, 0.2) is 0 Å². The number of anilines is 1. The van der Waals surface area contributed by atoms with E-state index in [-0.39, 0.29) is 6.04 Å². The standard InChI is InChI=1S/C28H31N5/c1-6-10-26(19(4)30-8-3)33(5)27-18-32-24(23-12-9-11-20(7-2)28(23)27)15-21-16-31-25-17-29-14-13-22(21)25/h7-9,11-14,16-18,26,30-31H,2-4,6,10,15H2,1,5H3. The smallest absolute Gasteiger partial charge is 0.0682 e. The first-order chi connectivity index (χ1) is 16.1. The fourth-order valence-electron chi connectivity index (χ4n) is 4.58. The summed E-state index contributed by atoms with van der Waals surface area (Å²) in [6.45, 7) is 14.3. The number of nitrogens with zero attached hydrogens (tertiary/aromatic N) is 3. The molecule has 0 saturated heterocycles. The Hall–Kier alpha value is -3.86. The maximum Gasteiger partial charge on any atom is 0.0682 e. The SMILES string of the molecule is C=CNC(=C)C(CCC)N(C)c1cnc(Cc2c[nH]c3cnccc23)c2cccc(C=C)c12. The van der Waals surface area contributed by atoms with Gasteiger partial charge >= 0.3 is 0 Å². The largest absolute Gasteiger partial charge is 0.364 e. The van der Waals surface area contributed by atoms with E-state index in [9.17, 15) is 0 Å². The molecule has 4 aromatic rings. The van der Waals surface area contributed by atoms with Gasteiger partial charge in [-0.05, 0) is 29.8 Å². The average Bonchev–Trinajstić information content (AvgIpc) is 3.25. The molecule has 168 valence electrons. The summed E-state index contributed by atoms with van der Waals surface area (Å²) in [6.07, 6.45) is 14.1. The molecule has 1 aromatic carbocycles. The molecule has 1 atom stereocenters. The van der Waals surface area contributed by atoms with Crippen molar-refractivity contribution in [2.75, 3.05) is 11.9 Å². The maximum atomic E-state index is 4.96. The van der Waals surface area contributed by atoms with Crippen LogP contribution in [-0.4, -0.2) is 28.0 Å². The molecular formula is C28H31N5. The molecule has 0 radical (unpaired) electrons. The number of aromatic amines is 1. The van der Waals surface area contributed by atoms with E-state index in [4.69, 9.17) is 4.98 Å². The van der Waals surface area contributed by atoms with Gasteiger partial charge in [-0.3, -0.25) is 9.97 Å². The Morgan fingerprint density at radius 1 is 1.21 bits per heavy atom. The van der Waals surface area contributed by atoms with E-state index >= 15 is 0 Å². The number of nitrogens with one attached hydrogen (secondary N) is 2. The summed E-state index contributed by atoms with van der Waals surface area (Å²) < 4.78 is 0. The highest BCUT2D eigenvalue weighted by Gasteiger charge is 2.22. The topological polar surface area (TPSA) is 56.8 Å². The zero-order chi connectivity index (χ0) is 23.4. The molecule has 2 N–H and O–H groups in total. The van der Waals surface area contributed by atoms with Crippen LogP contribution >= 0.6 is 0 Å². The second-order valence-corrected chi connectivity index (χ2v) is 8.27. The third-order valence-electron chi connectivity index (χ3n) is 6.25. The van der Waals surface area contributed by atoms with Crippen LogP contribution in [-0.2, 0) is 6.42 Å². The number of fused-ring (bicyclic) bond motifs is 2. The van der Waals surface area contributed by atoms with Crippen LogP contribution in [0, 0.1) is 0 Å². The number of hydrogen-bond donors (Lipinski definition) is 2. The Kier molecular flexibility index (Phi) is 6.59. The minimum Gasteiger partial charge on any atom is -0.364 e. The molecule has 4 rings (SSSR count). The lowest BCUT2D eigenvalue weighted by atomic mass is 9.97. The molecule has 0 fully saturated rings. The van der Waals surface area contributed by atoms with Crippen LogP contribution in [0.4, 0.5) is 5.69 Å². The van der Waals surface area contributed by atoms with Crippen molar-refractivity contribution < 1.29 is 0 Å². The van der Waals surface area contributed by atoms with Crippen LogP contribution in [0.2, 0.25) is 0 Å². The number of hydrogen-bond acceptors (Lipinski definition) is 4. The van der Waals surface area contributed by atoms with Gasteiger partial charge in [0.1, 0.15) is 0 Å². The van der Waals surface area contributed by atoms with Crippen molar-refractivity contribution in [2.45, 2.75) is 32.2 Å². The first-order valence-corrected chi connectivity index (χ1v) is 11.3. The lowest BCUT2D eigenvalue weighted by Crippen LogP contribution is -2.37. The van der Waals surface area contributed by atoms with Crippen molar-refractivity contribution in [3.63, 3.8) is 0 Å². The highest BCUT2D eigenvalue weighted by molar-refractivity contribution is 6.01. The van der Waals surface area contributed by atoms with Crippen LogP contribution < -0.4 is 10.2 Å². The molecular weight excluding hydrogens is 406 g/mol. The van der Waals surface area contributed by atoms with E-state index in [1.807, 2.05) is 30.7 Å². The van der Waals surface area contributed by atoms with E-state index in [1.165, 1.54) is 10.9 Å². The molecule has 1 unspecified atom stereocenters. The monoisotopic (exact) mass is 437 g/mol. The molecule has 5 nitrogen and oxygen atoms in total. The third-order valence-corrected chi connectivity index (χ3v) is 6.25. The predicted molar refractivity (Wildman–Crippen MR) is 140 cm³/mol. The minimum atomic E-state index is 0.114. The third kappa shape index (κ3) is 4.27. The lowest BCUT2D eigenvalue weighted by Gasteiger charge is -2.32. The number of likely N-dealkylation sites (N-methyl/N-ethyl adjacent to an activating group) is 1. The summed E-state index contributed by atoms with van der Waals surface area (Å²) in [7, 11) is 2.11. The number of H-pyrrole nitrogens is 1. The van der Waals surface area contributed by atoms with Crippen LogP contribution in [0.1, 0.15) is 36.6 Å². The predicted octanol–water partition coefficient (Wildman–Crippen LogP) is 6.20. The molecule has 3 heterocycles. The van der Waals surface area contributed by atoms with Crippen molar-refractivity contribution in [3.8, 4) is 0 Å². The van der Waals surface area contributed by atoms with Crippen LogP contribution in [0.5, 0.6) is 0 Å². The number of pyridine rings is 2. The second-order valence-electron chi connectivity index (χ2n) is 8.27. The first kappa shape index (κ1) is 22.3. The highest BCUT2D eigenvalue weighted by atomic mass is 15.2. The maximum absolute atomic E-state index is 4.96. The van der Waals surface area contributed by atoms with E-state index in [0.717, 1.165) is 58.2 Å². The van der Waals surface area contributed by atoms with E-state index < -0.39 is 0 Å². The van der Waals surface area contributed by atoms with Gasteiger partial charge < -0.3 is 15.2 Å². The van der Waals surface area contributed by atoms with Gasteiger partial charge in [-0.2, -0.15) is 0 Å². The van der Waals surface area contributed by atoms with Crippen LogP contribution in [0.3, 0.4) is 0 Å². The van der Waals surface area contributed by atoms with Crippen molar-refractivity contribution in [2.24, 2.45) is 0 Å².